The van der Waals surface area contributed by atoms with E-state index in [9.17, 15) is 9.59 Å². The van der Waals surface area contributed by atoms with Crippen LogP contribution in [0, 0.1) is 0 Å². The first-order valence-electron chi connectivity index (χ1n) is 7.07. The summed E-state index contributed by atoms with van der Waals surface area (Å²) in [5.74, 6) is 0.0196. The molecule has 0 bridgehead atoms. The number of nitrogens with zero attached hydrogens (tertiary/aromatic N) is 4. The van der Waals surface area contributed by atoms with Crippen LogP contribution in [0.1, 0.15) is 12.8 Å². The van der Waals surface area contributed by atoms with E-state index in [2.05, 4.69) is 15.5 Å². The molecule has 0 aliphatic carbocycles. The number of carbonyl (C=O) groups is 2. The van der Waals surface area contributed by atoms with Crippen molar-refractivity contribution in [1.29, 1.82) is 0 Å². The maximum Gasteiger partial charge on any atom is 0.243 e. The molecule has 1 aromatic heterocycles. The van der Waals surface area contributed by atoms with Gasteiger partial charge in [0.1, 0.15) is 17.6 Å². The van der Waals surface area contributed by atoms with Gasteiger partial charge in [-0.25, -0.2) is 0 Å². The summed E-state index contributed by atoms with van der Waals surface area (Å²) in [5.41, 5.74) is 1.54. The number of hydrogen-bond donors (Lipinski definition) is 1. The van der Waals surface area contributed by atoms with Crippen molar-refractivity contribution < 1.29 is 9.59 Å². The van der Waals surface area contributed by atoms with Crippen molar-refractivity contribution in [3.63, 3.8) is 0 Å². The third-order valence-corrected chi connectivity index (χ3v) is 3.49. The van der Waals surface area contributed by atoms with Gasteiger partial charge in [-0.3, -0.25) is 9.59 Å². The highest BCUT2D eigenvalue weighted by atomic mass is 16.2. The Hall–Kier alpha value is -2.44. The van der Waals surface area contributed by atoms with Crippen LogP contribution in [-0.4, -0.2) is 51.3 Å². The number of rotatable bonds is 5. The Bertz CT molecular complexity index is 633. The molecular formula is C14H17N5O2. The predicted molar refractivity (Wildman–Crippen MR) is 76.4 cm³/mol. The lowest BCUT2D eigenvalue weighted by Gasteiger charge is -2.15. The minimum Gasteiger partial charge on any atom is -0.353 e. The van der Waals surface area contributed by atoms with E-state index in [1.807, 2.05) is 24.3 Å². The molecule has 1 N–H and O–H groups in total. The van der Waals surface area contributed by atoms with Crippen LogP contribution in [0.4, 0.5) is 0 Å². The monoisotopic (exact) mass is 287 g/mol. The predicted octanol–water partition coefficient (Wildman–Crippen LogP) is 0.170. The molecule has 0 radical (unpaired) electrons. The fourth-order valence-electron chi connectivity index (χ4n) is 2.43. The van der Waals surface area contributed by atoms with Gasteiger partial charge >= 0.3 is 0 Å². The first-order chi connectivity index (χ1) is 10.2. The van der Waals surface area contributed by atoms with Gasteiger partial charge in [0.2, 0.25) is 11.8 Å². The van der Waals surface area contributed by atoms with E-state index in [-0.39, 0.29) is 18.4 Å². The molecule has 1 fully saturated rings. The second kappa shape index (κ2) is 5.90. The Labute approximate surface area is 121 Å². The number of nitrogens with one attached hydrogen (secondary N) is 1. The third-order valence-electron chi connectivity index (χ3n) is 3.49. The van der Waals surface area contributed by atoms with Gasteiger partial charge in [0, 0.05) is 26.1 Å². The van der Waals surface area contributed by atoms with E-state index in [1.165, 1.54) is 4.80 Å². The van der Waals surface area contributed by atoms with Gasteiger partial charge in [-0.05, 0) is 18.6 Å². The van der Waals surface area contributed by atoms with Gasteiger partial charge in [-0.1, -0.05) is 12.1 Å². The van der Waals surface area contributed by atoms with E-state index in [0.29, 0.717) is 19.5 Å². The van der Waals surface area contributed by atoms with E-state index in [1.54, 1.807) is 4.90 Å². The van der Waals surface area contributed by atoms with E-state index < -0.39 is 0 Å². The normalized spacial score (nSPS) is 14.9. The highest BCUT2D eigenvalue weighted by Gasteiger charge is 2.19. The summed E-state index contributed by atoms with van der Waals surface area (Å²) in [5, 5.41) is 11.3. The molecule has 2 aromatic rings. The van der Waals surface area contributed by atoms with Crippen LogP contribution in [0.15, 0.2) is 24.3 Å². The highest BCUT2D eigenvalue weighted by Crippen LogP contribution is 2.08. The Kier molecular flexibility index (Phi) is 3.81. The van der Waals surface area contributed by atoms with Crippen molar-refractivity contribution >= 4 is 22.8 Å². The Morgan fingerprint density at radius 2 is 1.95 bits per heavy atom. The lowest BCUT2D eigenvalue weighted by atomic mass is 10.3. The van der Waals surface area contributed by atoms with Crippen molar-refractivity contribution in [2.24, 2.45) is 0 Å². The average molecular weight is 287 g/mol. The van der Waals surface area contributed by atoms with Crippen LogP contribution in [0.2, 0.25) is 0 Å². The van der Waals surface area contributed by atoms with E-state index in [4.69, 9.17) is 0 Å². The molecule has 0 atom stereocenters. The molecule has 1 aromatic carbocycles. The van der Waals surface area contributed by atoms with Crippen LogP contribution >= 0.6 is 0 Å². The molecule has 3 rings (SSSR count). The lowest BCUT2D eigenvalue weighted by Crippen LogP contribution is -2.37. The number of aromatic nitrogens is 3. The van der Waals surface area contributed by atoms with Crippen LogP contribution in [-0.2, 0) is 16.1 Å². The van der Waals surface area contributed by atoms with Gasteiger partial charge in [0.25, 0.3) is 0 Å². The largest absolute Gasteiger partial charge is 0.353 e. The highest BCUT2D eigenvalue weighted by molar-refractivity contribution is 5.78. The van der Waals surface area contributed by atoms with Gasteiger partial charge in [0.15, 0.2) is 0 Å². The minimum atomic E-state index is -0.151. The van der Waals surface area contributed by atoms with Crippen molar-refractivity contribution in [2.75, 3.05) is 19.6 Å². The second-order valence-corrected chi connectivity index (χ2v) is 5.05. The van der Waals surface area contributed by atoms with Crippen molar-refractivity contribution in [3.8, 4) is 0 Å². The number of carbonyl (C=O) groups excluding carboxylic acids is 2. The first kappa shape index (κ1) is 13.5. The van der Waals surface area contributed by atoms with E-state index >= 15 is 0 Å². The molecule has 110 valence electrons. The zero-order valence-electron chi connectivity index (χ0n) is 11.7. The maximum atomic E-state index is 11.8. The molecule has 1 saturated heterocycles. The average Bonchev–Trinajstić information content (AvgIpc) is 3.04. The summed E-state index contributed by atoms with van der Waals surface area (Å²) < 4.78 is 0. The number of likely N-dealkylation sites (tertiary alicyclic amines) is 1. The van der Waals surface area contributed by atoms with Crippen molar-refractivity contribution in [1.82, 2.24) is 25.2 Å². The zero-order valence-corrected chi connectivity index (χ0v) is 11.7. The molecule has 2 heterocycles. The summed E-state index contributed by atoms with van der Waals surface area (Å²) in [6.07, 6.45) is 1.54. The number of fused-ring (bicyclic) bond motifs is 1. The maximum absolute atomic E-state index is 11.8. The van der Waals surface area contributed by atoms with Gasteiger partial charge in [-0.2, -0.15) is 15.0 Å². The quantitative estimate of drug-likeness (QED) is 0.850. The minimum absolute atomic E-state index is 0.0859. The summed E-state index contributed by atoms with van der Waals surface area (Å²) in [4.78, 5) is 26.4. The standard InChI is InChI=1S/C14H17N5O2/c20-13(15-7-9-18-8-3-6-14(18)21)10-19-16-11-4-1-2-5-12(11)17-19/h1-2,4-5H,3,6-10H2,(H,15,20). The number of hydrogen-bond acceptors (Lipinski definition) is 4. The van der Waals surface area contributed by atoms with Crippen LogP contribution in [0.5, 0.6) is 0 Å². The smallest absolute Gasteiger partial charge is 0.243 e. The summed E-state index contributed by atoms with van der Waals surface area (Å²) in [6, 6.07) is 7.48. The molecular weight excluding hydrogens is 270 g/mol. The lowest BCUT2D eigenvalue weighted by molar-refractivity contribution is -0.128. The van der Waals surface area contributed by atoms with Gasteiger partial charge < -0.3 is 10.2 Å². The van der Waals surface area contributed by atoms with Crippen molar-refractivity contribution in [3.05, 3.63) is 24.3 Å². The van der Waals surface area contributed by atoms with Crippen LogP contribution in [0.3, 0.4) is 0 Å². The van der Waals surface area contributed by atoms with Gasteiger partial charge in [-0.15, -0.1) is 0 Å². The first-order valence-corrected chi connectivity index (χ1v) is 7.07. The molecule has 0 spiro atoms. The zero-order chi connectivity index (χ0) is 14.7. The Morgan fingerprint density at radius 3 is 2.57 bits per heavy atom. The summed E-state index contributed by atoms with van der Waals surface area (Å²) in [7, 11) is 0. The molecule has 0 saturated carbocycles. The molecule has 7 nitrogen and oxygen atoms in total. The Balaban J connectivity index is 1.48. The molecule has 0 unspecified atom stereocenters. The summed E-state index contributed by atoms with van der Waals surface area (Å²) in [6.45, 7) is 1.91. The molecule has 21 heavy (non-hydrogen) atoms. The molecule has 2 amide bonds. The van der Waals surface area contributed by atoms with E-state index in [0.717, 1.165) is 24.0 Å². The van der Waals surface area contributed by atoms with Crippen molar-refractivity contribution in [2.45, 2.75) is 19.4 Å². The topological polar surface area (TPSA) is 80.1 Å². The number of benzene rings is 1. The molecule has 1 aliphatic rings. The SMILES string of the molecule is O=C(Cn1nc2ccccc2n1)NCCN1CCCC1=O. The van der Waals surface area contributed by atoms with Crippen LogP contribution in [0.25, 0.3) is 11.0 Å². The number of amides is 2. The second-order valence-electron chi connectivity index (χ2n) is 5.05. The molecule has 7 heteroatoms. The fraction of sp³-hybridized carbons (Fsp3) is 0.429. The molecule has 1 aliphatic heterocycles. The third kappa shape index (κ3) is 3.18. The van der Waals surface area contributed by atoms with Crippen LogP contribution < -0.4 is 5.32 Å². The summed E-state index contributed by atoms with van der Waals surface area (Å²) >= 11 is 0. The fourth-order valence-corrected chi connectivity index (χ4v) is 2.43. The Morgan fingerprint density at radius 1 is 1.24 bits per heavy atom. The van der Waals surface area contributed by atoms with Gasteiger partial charge in [0.05, 0.1) is 0 Å².